The van der Waals surface area contributed by atoms with Crippen LogP contribution in [0.3, 0.4) is 0 Å². The standard InChI is InChI=1S/C16H24N2O2S/c1-20-11-10-18(12-14-6-5-9-17-14)16(19)13-21-15-7-3-2-4-8-15/h2-4,7-8,14,17H,5-6,9-13H2,1H3. The Labute approximate surface area is 131 Å². The molecule has 1 N–H and O–H groups in total. The van der Waals surface area contributed by atoms with Crippen molar-refractivity contribution in [3.63, 3.8) is 0 Å². The minimum absolute atomic E-state index is 0.189. The fraction of sp³-hybridized carbons (Fsp3) is 0.562. The van der Waals surface area contributed by atoms with E-state index in [0.717, 1.165) is 24.4 Å². The molecule has 1 unspecified atom stereocenters. The Morgan fingerprint density at radius 2 is 2.24 bits per heavy atom. The number of hydrogen-bond donors (Lipinski definition) is 1. The van der Waals surface area contributed by atoms with E-state index in [2.05, 4.69) is 5.32 Å². The van der Waals surface area contributed by atoms with E-state index in [1.807, 2.05) is 35.2 Å². The number of hydrogen-bond acceptors (Lipinski definition) is 4. The summed E-state index contributed by atoms with van der Waals surface area (Å²) in [5.74, 6) is 0.676. The van der Waals surface area contributed by atoms with Crippen molar-refractivity contribution >= 4 is 17.7 Å². The van der Waals surface area contributed by atoms with Gasteiger partial charge in [0.2, 0.25) is 5.91 Å². The van der Waals surface area contributed by atoms with E-state index in [-0.39, 0.29) is 5.91 Å². The second-order valence-corrected chi connectivity index (χ2v) is 6.28. The highest BCUT2D eigenvalue weighted by atomic mass is 32.2. The first kappa shape index (κ1) is 16.3. The van der Waals surface area contributed by atoms with Gasteiger partial charge in [0.25, 0.3) is 0 Å². The van der Waals surface area contributed by atoms with Gasteiger partial charge in [0.05, 0.1) is 12.4 Å². The van der Waals surface area contributed by atoms with Crippen LogP contribution in [-0.2, 0) is 9.53 Å². The molecule has 1 aromatic rings. The third-order valence-electron chi connectivity index (χ3n) is 3.63. The van der Waals surface area contributed by atoms with Crippen LogP contribution in [0.4, 0.5) is 0 Å². The van der Waals surface area contributed by atoms with Gasteiger partial charge < -0.3 is 15.0 Å². The Bertz CT molecular complexity index is 422. The minimum Gasteiger partial charge on any atom is -0.383 e. The second kappa shape index (κ2) is 9.07. The van der Waals surface area contributed by atoms with E-state index in [1.54, 1.807) is 18.9 Å². The van der Waals surface area contributed by atoms with E-state index < -0.39 is 0 Å². The lowest BCUT2D eigenvalue weighted by molar-refractivity contribution is -0.129. The van der Waals surface area contributed by atoms with Crippen LogP contribution in [0, 0.1) is 0 Å². The van der Waals surface area contributed by atoms with Crippen molar-refractivity contribution in [1.82, 2.24) is 10.2 Å². The van der Waals surface area contributed by atoms with Crippen molar-refractivity contribution in [1.29, 1.82) is 0 Å². The summed E-state index contributed by atoms with van der Waals surface area (Å²) in [7, 11) is 1.68. The molecule has 5 heteroatoms. The third-order valence-corrected chi connectivity index (χ3v) is 4.62. The average Bonchev–Trinajstić information content (AvgIpc) is 3.03. The first-order valence-corrected chi connectivity index (χ1v) is 8.46. The van der Waals surface area contributed by atoms with Crippen LogP contribution < -0.4 is 5.32 Å². The highest BCUT2D eigenvalue weighted by Gasteiger charge is 2.21. The van der Waals surface area contributed by atoms with Crippen molar-refractivity contribution < 1.29 is 9.53 Å². The van der Waals surface area contributed by atoms with E-state index in [1.165, 1.54) is 6.42 Å². The van der Waals surface area contributed by atoms with E-state index in [0.29, 0.717) is 24.9 Å². The molecule has 0 saturated carbocycles. The van der Waals surface area contributed by atoms with Crippen molar-refractivity contribution in [3.05, 3.63) is 30.3 Å². The molecule has 0 aliphatic carbocycles. The summed E-state index contributed by atoms with van der Waals surface area (Å²) in [5, 5.41) is 3.45. The molecule has 0 aromatic heterocycles. The first-order valence-electron chi connectivity index (χ1n) is 7.47. The molecular weight excluding hydrogens is 284 g/mol. The lowest BCUT2D eigenvalue weighted by Gasteiger charge is -2.25. The summed E-state index contributed by atoms with van der Waals surface area (Å²) in [6, 6.07) is 10.5. The largest absolute Gasteiger partial charge is 0.383 e. The van der Waals surface area contributed by atoms with Crippen LogP contribution in [0.25, 0.3) is 0 Å². The summed E-state index contributed by atoms with van der Waals surface area (Å²) in [4.78, 5) is 15.5. The SMILES string of the molecule is COCCN(CC1CCCN1)C(=O)CSc1ccccc1. The maximum Gasteiger partial charge on any atom is 0.233 e. The first-order chi connectivity index (χ1) is 10.3. The number of ether oxygens (including phenoxy) is 1. The maximum atomic E-state index is 12.4. The number of rotatable bonds is 8. The van der Waals surface area contributed by atoms with Crippen LogP contribution in [0.2, 0.25) is 0 Å². The van der Waals surface area contributed by atoms with Gasteiger partial charge in [0.1, 0.15) is 0 Å². The lowest BCUT2D eigenvalue weighted by atomic mass is 10.2. The van der Waals surface area contributed by atoms with E-state index in [9.17, 15) is 4.79 Å². The highest BCUT2D eigenvalue weighted by molar-refractivity contribution is 8.00. The molecular formula is C16H24N2O2S. The summed E-state index contributed by atoms with van der Waals surface area (Å²) in [6.45, 7) is 3.12. The van der Waals surface area contributed by atoms with Gasteiger partial charge in [-0.15, -0.1) is 11.8 Å². The number of methoxy groups -OCH3 is 1. The second-order valence-electron chi connectivity index (χ2n) is 5.23. The minimum atomic E-state index is 0.189. The number of carbonyl (C=O) groups is 1. The van der Waals surface area contributed by atoms with Crippen LogP contribution in [-0.4, -0.2) is 56.0 Å². The Hall–Kier alpha value is -1.04. The van der Waals surface area contributed by atoms with Gasteiger partial charge in [-0.05, 0) is 31.5 Å². The molecule has 21 heavy (non-hydrogen) atoms. The average molecular weight is 308 g/mol. The van der Waals surface area contributed by atoms with Gasteiger partial charge in [-0.2, -0.15) is 0 Å². The zero-order valence-electron chi connectivity index (χ0n) is 12.6. The molecule has 1 fully saturated rings. The maximum absolute atomic E-state index is 12.4. The van der Waals surface area contributed by atoms with Crippen molar-refractivity contribution in [2.45, 2.75) is 23.8 Å². The van der Waals surface area contributed by atoms with Crippen molar-refractivity contribution in [3.8, 4) is 0 Å². The molecule has 1 amide bonds. The van der Waals surface area contributed by atoms with Crippen LogP contribution >= 0.6 is 11.8 Å². The number of amides is 1. The van der Waals surface area contributed by atoms with Gasteiger partial charge in [-0.3, -0.25) is 4.79 Å². The topological polar surface area (TPSA) is 41.6 Å². The zero-order chi connectivity index (χ0) is 14.9. The zero-order valence-corrected chi connectivity index (χ0v) is 13.4. The predicted molar refractivity (Wildman–Crippen MR) is 86.6 cm³/mol. The molecule has 1 aromatic carbocycles. The molecule has 0 bridgehead atoms. The molecule has 0 radical (unpaired) electrons. The number of thioether (sulfide) groups is 1. The fourth-order valence-corrected chi connectivity index (χ4v) is 3.27. The summed E-state index contributed by atoms with van der Waals surface area (Å²) >= 11 is 1.60. The monoisotopic (exact) mass is 308 g/mol. The predicted octanol–water partition coefficient (Wildman–Crippen LogP) is 2.01. The Balaban J connectivity index is 1.83. The summed E-state index contributed by atoms with van der Waals surface area (Å²) in [5.41, 5.74) is 0. The molecule has 1 aliphatic rings. The molecule has 1 aliphatic heterocycles. The molecule has 1 saturated heterocycles. The van der Waals surface area contributed by atoms with Gasteiger partial charge in [-0.25, -0.2) is 0 Å². The summed E-state index contributed by atoms with van der Waals surface area (Å²) < 4.78 is 5.13. The van der Waals surface area contributed by atoms with E-state index in [4.69, 9.17) is 4.74 Å². The lowest BCUT2D eigenvalue weighted by Crippen LogP contribution is -2.43. The Kier molecular flexibility index (Phi) is 7.06. The van der Waals surface area contributed by atoms with Gasteiger partial charge in [-0.1, -0.05) is 18.2 Å². The Morgan fingerprint density at radius 1 is 1.43 bits per heavy atom. The molecule has 0 spiro atoms. The molecule has 1 heterocycles. The fourth-order valence-electron chi connectivity index (χ4n) is 2.45. The molecule has 2 rings (SSSR count). The summed E-state index contributed by atoms with van der Waals surface area (Å²) in [6.07, 6.45) is 2.36. The van der Waals surface area contributed by atoms with E-state index >= 15 is 0 Å². The molecule has 1 atom stereocenters. The van der Waals surface area contributed by atoms with Gasteiger partial charge in [0, 0.05) is 31.1 Å². The van der Waals surface area contributed by atoms with Crippen molar-refractivity contribution in [2.24, 2.45) is 0 Å². The van der Waals surface area contributed by atoms with Crippen LogP contribution in [0.1, 0.15) is 12.8 Å². The third kappa shape index (κ3) is 5.69. The number of nitrogens with zero attached hydrogens (tertiary/aromatic N) is 1. The van der Waals surface area contributed by atoms with Gasteiger partial charge >= 0.3 is 0 Å². The van der Waals surface area contributed by atoms with Crippen LogP contribution in [0.5, 0.6) is 0 Å². The normalized spacial score (nSPS) is 17.9. The highest BCUT2D eigenvalue weighted by Crippen LogP contribution is 2.18. The number of benzene rings is 1. The van der Waals surface area contributed by atoms with Gasteiger partial charge in [0.15, 0.2) is 0 Å². The smallest absolute Gasteiger partial charge is 0.233 e. The Morgan fingerprint density at radius 3 is 2.90 bits per heavy atom. The molecule has 116 valence electrons. The number of nitrogens with one attached hydrogen (secondary N) is 1. The van der Waals surface area contributed by atoms with Crippen LogP contribution in [0.15, 0.2) is 35.2 Å². The quantitative estimate of drug-likeness (QED) is 0.746. The van der Waals surface area contributed by atoms with Crippen molar-refractivity contribution in [2.75, 3.05) is 39.1 Å². The number of carbonyl (C=O) groups excluding carboxylic acids is 1. The molecule has 4 nitrogen and oxygen atoms in total.